The minimum absolute atomic E-state index is 0.179. The Bertz CT molecular complexity index is 1230. The zero-order valence-electron chi connectivity index (χ0n) is 17.6. The van der Waals surface area contributed by atoms with Gasteiger partial charge in [-0.25, -0.2) is 0 Å². The summed E-state index contributed by atoms with van der Waals surface area (Å²) in [5.41, 5.74) is 4.05. The Labute approximate surface area is 190 Å². The third-order valence-corrected chi connectivity index (χ3v) is 7.60. The van der Waals surface area contributed by atoms with Crippen LogP contribution in [-0.4, -0.2) is 76.3 Å². The summed E-state index contributed by atoms with van der Waals surface area (Å²) in [4.78, 5) is 21.7. The second kappa shape index (κ2) is 7.52. The first-order valence-corrected chi connectivity index (χ1v) is 12.0. The van der Waals surface area contributed by atoms with Crippen LogP contribution < -0.4 is 4.90 Å². The van der Waals surface area contributed by atoms with Gasteiger partial charge in [0.2, 0.25) is 0 Å². The summed E-state index contributed by atoms with van der Waals surface area (Å²) in [5, 5.41) is 11.5. The zero-order valence-corrected chi connectivity index (χ0v) is 18.4. The van der Waals surface area contributed by atoms with Gasteiger partial charge in [-0.3, -0.25) is 4.79 Å². The number of allylic oxidation sites excluding steroid dienone is 3. The van der Waals surface area contributed by atoms with Gasteiger partial charge in [0.05, 0.1) is 36.2 Å². The van der Waals surface area contributed by atoms with Crippen LogP contribution in [-0.2, 0) is 4.79 Å². The molecule has 9 heteroatoms. The van der Waals surface area contributed by atoms with Gasteiger partial charge >= 0.3 is 0 Å². The number of nitrogens with zero attached hydrogens (tertiary/aromatic N) is 6. The molecule has 5 heterocycles. The van der Waals surface area contributed by atoms with Gasteiger partial charge in [0, 0.05) is 43.6 Å². The molecule has 0 bridgehead atoms. The predicted molar refractivity (Wildman–Crippen MR) is 122 cm³/mol. The molecule has 1 amide bonds. The Kier molecular flexibility index (Phi) is 4.61. The number of aromatic nitrogens is 1. The van der Waals surface area contributed by atoms with Crippen molar-refractivity contribution < 1.29 is 13.8 Å². The van der Waals surface area contributed by atoms with Crippen molar-refractivity contribution in [2.45, 2.75) is 0 Å². The molecule has 2 fully saturated rings. The highest BCUT2D eigenvalue weighted by atomic mass is 32.2. The number of piperazine rings is 1. The first kappa shape index (κ1) is 19.6. The molecule has 1 atom stereocenters. The summed E-state index contributed by atoms with van der Waals surface area (Å²) >= 11 is 1.82. The van der Waals surface area contributed by atoms with Gasteiger partial charge in [-0.2, -0.15) is 14.8 Å². The summed E-state index contributed by atoms with van der Waals surface area (Å²) in [7, 11) is 0. The average molecular weight is 448 g/mol. The maximum atomic E-state index is 13.0. The van der Waals surface area contributed by atoms with Gasteiger partial charge in [0.15, 0.2) is 11.3 Å². The fourth-order valence-corrected chi connectivity index (χ4v) is 5.86. The molecule has 0 unspecified atom stereocenters. The Balaban J connectivity index is 1.17. The van der Waals surface area contributed by atoms with Crippen molar-refractivity contribution in [3.05, 3.63) is 59.5 Å². The van der Waals surface area contributed by atoms with Crippen LogP contribution in [0, 0.1) is 11.3 Å². The van der Waals surface area contributed by atoms with Crippen molar-refractivity contribution in [2.75, 3.05) is 55.8 Å². The third-order valence-electron chi connectivity index (χ3n) is 6.63. The van der Waals surface area contributed by atoms with Crippen LogP contribution in [0.4, 0.5) is 6.01 Å². The number of nitriles is 1. The SMILES string of the molecule is N#Cc1ccc2nc(N3CCN([N@@+]45C=CC=C4C=C(C(=O)N4CCSC4)C5)CC3)oc2c1. The van der Waals surface area contributed by atoms with Crippen LogP contribution in [0.5, 0.6) is 0 Å². The van der Waals surface area contributed by atoms with E-state index >= 15 is 0 Å². The van der Waals surface area contributed by atoms with E-state index in [0.29, 0.717) is 28.3 Å². The van der Waals surface area contributed by atoms with Crippen LogP contribution in [0.2, 0.25) is 0 Å². The summed E-state index contributed by atoms with van der Waals surface area (Å²) in [6, 6.07) is 8.07. The second-order valence-corrected chi connectivity index (χ2v) is 9.50. The number of carbonyl (C=O) groups is 1. The highest BCUT2D eigenvalue weighted by molar-refractivity contribution is 7.99. The van der Waals surface area contributed by atoms with E-state index in [1.165, 1.54) is 5.70 Å². The fourth-order valence-electron chi connectivity index (χ4n) is 4.91. The van der Waals surface area contributed by atoms with Crippen LogP contribution in [0.15, 0.2) is 58.3 Å². The summed E-state index contributed by atoms with van der Waals surface area (Å²) in [5.74, 6) is 2.00. The zero-order chi connectivity index (χ0) is 21.7. The number of hydrogen-bond donors (Lipinski definition) is 0. The number of anilines is 1. The molecule has 0 saturated carbocycles. The van der Waals surface area contributed by atoms with E-state index in [1.54, 1.807) is 12.1 Å². The largest absolute Gasteiger partial charge is 0.423 e. The lowest BCUT2D eigenvalue weighted by Gasteiger charge is -2.43. The van der Waals surface area contributed by atoms with Crippen molar-refractivity contribution >= 4 is 34.8 Å². The lowest BCUT2D eigenvalue weighted by atomic mass is 10.2. The minimum atomic E-state index is 0.179. The van der Waals surface area contributed by atoms with Gasteiger partial charge < -0.3 is 14.2 Å². The van der Waals surface area contributed by atoms with E-state index in [9.17, 15) is 4.79 Å². The monoisotopic (exact) mass is 447 g/mol. The van der Waals surface area contributed by atoms with Gasteiger partial charge in [-0.1, -0.05) is 0 Å². The summed E-state index contributed by atoms with van der Waals surface area (Å²) < 4.78 is 6.56. The molecule has 0 spiro atoms. The molecule has 8 nitrogen and oxygen atoms in total. The van der Waals surface area contributed by atoms with Crippen molar-refractivity contribution in [3.8, 4) is 6.07 Å². The highest BCUT2D eigenvalue weighted by Crippen LogP contribution is 2.38. The van der Waals surface area contributed by atoms with E-state index in [0.717, 1.165) is 55.4 Å². The van der Waals surface area contributed by atoms with Crippen molar-refractivity contribution in [2.24, 2.45) is 0 Å². The minimum Gasteiger partial charge on any atom is -0.423 e. The van der Waals surface area contributed by atoms with Crippen LogP contribution in [0.3, 0.4) is 0 Å². The van der Waals surface area contributed by atoms with Crippen LogP contribution in [0.25, 0.3) is 11.1 Å². The molecular weight excluding hydrogens is 424 g/mol. The van der Waals surface area contributed by atoms with Gasteiger partial charge in [0.1, 0.15) is 18.3 Å². The second-order valence-electron chi connectivity index (χ2n) is 8.42. The quantitative estimate of drug-likeness (QED) is 0.669. The van der Waals surface area contributed by atoms with Gasteiger partial charge in [-0.05, 0) is 18.2 Å². The van der Waals surface area contributed by atoms with E-state index < -0.39 is 0 Å². The Hall–Kier alpha value is -3.06. The number of carbonyl (C=O) groups excluding carboxylic acids is 1. The molecule has 0 N–H and O–H groups in total. The standard InChI is InChI=1S/C23H23N6O2S/c24-14-17-3-4-20-21(12-17)31-23(25-20)26-5-7-28(8-6-26)29-10-1-2-19(29)13-18(15-29)22(30)27-9-11-32-16-27/h1-4,10,12-13H,5-9,11,15-16H2/q+1/t29-/m1/s1. The Morgan fingerprint density at radius 2 is 2.09 bits per heavy atom. The van der Waals surface area contributed by atoms with Gasteiger partial charge in [0.25, 0.3) is 11.9 Å². The van der Waals surface area contributed by atoms with Crippen LogP contribution >= 0.6 is 11.8 Å². The molecule has 0 radical (unpaired) electrons. The molecule has 4 aliphatic heterocycles. The van der Waals surface area contributed by atoms with E-state index in [1.807, 2.05) is 22.7 Å². The highest BCUT2D eigenvalue weighted by Gasteiger charge is 2.48. The molecule has 2 saturated heterocycles. The molecule has 1 aromatic carbocycles. The maximum Gasteiger partial charge on any atom is 0.298 e. The normalized spacial score (nSPS) is 25.2. The third kappa shape index (κ3) is 3.06. The maximum absolute atomic E-state index is 13.0. The molecule has 162 valence electrons. The number of quaternary nitrogens is 1. The number of hydrogen-bond acceptors (Lipinski definition) is 7. The number of oxazole rings is 1. The molecule has 0 aliphatic carbocycles. The molecule has 32 heavy (non-hydrogen) atoms. The fraction of sp³-hybridized carbons (Fsp3) is 0.348. The first-order valence-electron chi connectivity index (χ1n) is 10.8. The van der Waals surface area contributed by atoms with E-state index in [2.05, 4.69) is 45.4 Å². The average Bonchev–Trinajstić information content (AvgIpc) is 3.61. The first-order chi connectivity index (χ1) is 15.7. The van der Waals surface area contributed by atoms with Crippen molar-refractivity contribution in [1.82, 2.24) is 14.9 Å². The smallest absolute Gasteiger partial charge is 0.298 e. The Morgan fingerprint density at radius 1 is 1.22 bits per heavy atom. The van der Waals surface area contributed by atoms with E-state index in [4.69, 9.17) is 9.68 Å². The summed E-state index contributed by atoms with van der Waals surface area (Å²) in [6.07, 6.45) is 8.51. The summed E-state index contributed by atoms with van der Waals surface area (Å²) in [6.45, 7) is 4.75. The lowest BCUT2D eigenvalue weighted by molar-refractivity contribution is -0.948. The predicted octanol–water partition coefficient (Wildman–Crippen LogP) is 2.44. The Morgan fingerprint density at radius 3 is 2.88 bits per heavy atom. The number of thioether (sulfide) groups is 1. The molecular formula is C23H23N6O2S+. The van der Waals surface area contributed by atoms with Crippen LogP contribution in [0.1, 0.15) is 5.56 Å². The van der Waals surface area contributed by atoms with Crippen molar-refractivity contribution in [1.29, 1.82) is 5.26 Å². The topological polar surface area (TPSA) is 76.6 Å². The lowest BCUT2D eigenvalue weighted by Crippen LogP contribution is -2.60. The van der Waals surface area contributed by atoms with E-state index in [-0.39, 0.29) is 5.91 Å². The van der Waals surface area contributed by atoms with Crippen molar-refractivity contribution in [3.63, 3.8) is 0 Å². The number of benzene rings is 1. The molecule has 1 aromatic heterocycles. The number of amides is 1. The number of rotatable bonds is 3. The molecule has 6 rings (SSSR count). The molecule has 2 aromatic rings. The number of fused-ring (bicyclic) bond motifs is 2. The van der Waals surface area contributed by atoms with Gasteiger partial charge in [-0.15, -0.1) is 16.8 Å². The molecule has 4 aliphatic rings.